The molecule has 1 heterocycles. The van der Waals surface area contributed by atoms with Crippen LogP contribution in [-0.4, -0.2) is 48.9 Å². The Balaban J connectivity index is 2.29. The summed E-state index contributed by atoms with van der Waals surface area (Å²) in [7, 11) is -3.71. The van der Waals surface area contributed by atoms with Crippen molar-refractivity contribution >= 4 is 21.9 Å². The van der Waals surface area contributed by atoms with E-state index in [1.54, 1.807) is 13.8 Å². The molecule has 2 rings (SSSR count). The highest BCUT2D eigenvalue weighted by Crippen LogP contribution is 2.21. The SMILES string of the molecule is CC(C)NS(=O)(=O)c1cccc(C(=O)N2CCCC2C(=O)O)c1. The summed E-state index contributed by atoms with van der Waals surface area (Å²) in [4.78, 5) is 25.0. The summed E-state index contributed by atoms with van der Waals surface area (Å²) >= 11 is 0. The Morgan fingerprint density at radius 3 is 2.65 bits per heavy atom. The maximum absolute atomic E-state index is 12.5. The van der Waals surface area contributed by atoms with E-state index in [9.17, 15) is 18.0 Å². The molecule has 126 valence electrons. The zero-order valence-electron chi connectivity index (χ0n) is 13.0. The first-order chi connectivity index (χ1) is 10.7. The number of carbonyl (C=O) groups is 2. The molecule has 1 aromatic carbocycles. The van der Waals surface area contributed by atoms with E-state index in [0.29, 0.717) is 19.4 Å². The third kappa shape index (κ3) is 3.89. The van der Waals surface area contributed by atoms with E-state index in [1.165, 1.54) is 29.2 Å². The Bertz CT molecular complexity index is 714. The molecule has 0 aliphatic carbocycles. The lowest BCUT2D eigenvalue weighted by Gasteiger charge is -2.21. The molecule has 1 fully saturated rings. The molecule has 1 aliphatic rings. The Labute approximate surface area is 135 Å². The molecule has 1 aromatic rings. The van der Waals surface area contributed by atoms with Gasteiger partial charge in [-0.2, -0.15) is 0 Å². The molecule has 2 N–H and O–H groups in total. The number of nitrogens with one attached hydrogen (secondary N) is 1. The van der Waals surface area contributed by atoms with E-state index in [1.807, 2.05) is 0 Å². The summed E-state index contributed by atoms with van der Waals surface area (Å²) < 4.78 is 26.8. The third-order valence-corrected chi connectivity index (χ3v) is 5.24. The Hall–Kier alpha value is -1.93. The zero-order chi connectivity index (χ0) is 17.2. The lowest BCUT2D eigenvalue weighted by atomic mass is 10.1. The molecule has 0 spiro atoms. The molecule has 1 atom stereocenters. The van der Waals surface area contributed by atoms with Crippen molar-refractivity contribution in [2.75, 3.05) is 6.54 Å². The molecule has 1 unspecified atom stereocenters. The minimum atomic E-state index is -3.71. The van der Waals surface area contributed by atoms with Gasteiger partial charge >= 0.3 is 5.97 Å². The number of hydrogen-bond acceptors (Lipinski definition) is 4. The van der Waals surface area contributed by atoms with Crippen LogP contribution in [0.5, 0.6) is 0 Å². The van der Waals surface area contributed by atoms with Crippen molar-refractivity contribution in [2.45, 2.75) is 43.7 Å². The van der Waals surface area contributed by atoms with Crippen molar-refractivity contribution in [3.8, 4) is 0 Å². The molecular formula is C15H20N2O5S. The molecule has 7 nitrogen and oxygen atoms in total. The normalized spacial score (nSPS) is 18.4. The van der Waals surface area contributed by atoms with Gasteiger partial charge in [-0.25, -0.2) is 17.9 Å². The predicted molar refractivity (Wildman–Crippen MR) is 83.6 cm³/mol. The second kappa shape index (κ2) is 6.67. The average Bonchev–Trinajstić information content (AvgIpc) is 2.95. The smallest absolute Gasteiger partial charge is 0.326 e. The van der Waals surface area contributed by atoms with Crippen molar-refractivity contribution in [1.82, 2.24) is 9.62 Å². The first kappa shape index (κ1) is 17.4. The fourth-order valence-corrected chi connectivity index (χ4v) is 3.90. The maximum Gasteiger partial charge on any atom is 0.326 e. The second-order valence-electron chi connectivity index (χ2n) is 5.80. The summed E-state index contributed by atoms with van der Waals surface area (Å²) in [6.45, 7) is 3.76. The Morgan fingerprint density at radius 2 is 2.04 bits per heavy atom. The van der Waals surface area contributed by atoms with Gasteiger partial charge in [-0.1, -0.05) is 6.07 Å². The van der Waals surface area contributed by atoms with Crippen LogP contribution in [0.1, 0.15) is 37.0 Å². The molecule has 1 aliphatic heterocycles. The Morgan fingerprint density at radius 1 is 1.35 bits per heavy atom. The maximum atomic E-state index is 12.5. The van der Waals surface area contributed by atoms with Gasteiger partial charge in [-0.05, 0) is 44.9 Å². The van der Waals surface area contributed by atoms with Gasteiger partial charge in [-0.15, -0.1) is 0 Å². The number of likely N-dealkylation sites (tertiary alicyclic amines) is 1. The molecule has 0 saturated carbocycles. The third-order valence-electron chi connectivity index (χ3n) is 3.58. The van der Waals surface area contributed by atoms with Crippen LogP contribution in [0.3, 0.4) is 0 Å². The van der Waals surface area contributed by atoms with Gasteiger partial charge in [0.2, 0.25) is 10.0 Å². The summed E-state index contributed by atoms with van der Waals surface area (Å²) in [6, 6.07) is 4.54. The number of hydrogen-bond donors (Lipinski definition) is 2. The highest BCUT2D eigenvalue weighted by molar-refractivity contribution is 7.89. The highest BCUT2D eigenvalue weighted by Gasteiger charge is 2.34. The van der Waals surface area contributed by atoms with Gasteiger partial charge in [0.05, 0.1) is 4.90 Å². The standard InChI is InChI=1S/C15H20N2O5S/c1-10(2)16-23(21,22)12-6-3-5-11(9-12)14(18)17-8-4-7-13(17)15(19)20/h3,5-6,9-10,13,16H,4,7-8H2,1-2H3,(H,19,20). The van der Waals surface area contributed by atoms with E-state index in [-0.39, 0.29) is 16.5 Å². The molecular weight excluding hydrogens is 320 g/mol. The van der Waals surface area contributed by atoms with Crippen LogP contribution in [0, 0.1) is 0 Å². The van der Waals surface area contributed by atoms with Gasteiger partial charge in [0, 0.05) is 18.2 Å². The monoisotopic (exact) mass is 340 g/mol. The summed E-state index contributed by atoms with van der Waals surface area (Å²) in [6.07, 6.45) is 1.03. The number of aliphatic carboxylic acids is 1. The quantitative estimate of drug-likeness (QED) is 0.834. The average molecular weight is 340 g/mol. The van der Waals surface area contributed by atoms with Crippen LogP contribution in [0.2, 0.25) is 0 Å². The summed E-state index contributed by atoms with van der Waals surface area (Å²) in [5.41, 5.74) is 0.171. The molecule has 23 heavy (non-hydrogen) atoms. The fraction of sp³-hybridized carbons (Fsp3) is 0.467. The number of amides is 1. The lowest BCUT2D eigenvalue weighted by molar-refractivity contribution is -0.141. The van der Waals surface area contributed by atoms with Crippen LogP contribution in [0.25, 0.3) is 0 Å². The van der Waals surface area contributed by atoms with Gasteiger partial charge in [0.15, 0.2) is 0 Å². The highest BCUT2D eigenvalue weighted by atomic mass is 32.2. The van der Waals surface area contributed by atoms with Crippen molar-refractivity contribution in [2.24, 2.45) is 0 Å². The van der Waals surface area contributed by atoms with Crippen molar-refractivity contribution < 1.29 is 23.1 Å². The van der Waals surface area contributed by atoms with E-state index in [4.69, 9.17) is 5.11 Å². The number of sulfonamides is 1. The van der Waals surface area contributed by atoms with Crippen molar-refractivity contribution in [3.63, 3.8) is 0 Å². The number of carbonyl (C=O) groups excluding carboxylic acids is 1. The van der Waals surface area contributed by atoms with Crippen LogP contribution >= 0.6 is 0 Å². The van der Waals surface area contributed by atoms with E-state index in [2.05, 4.69) is 4.72 Å². The molecule has 0 radical (unpaired) electrons. The van der Waals surface area contributed by atoms with E-state index < -0.39 is 27.9 Å². The minimum Gasteiger partial charge on any atom is -0.480 e. The van der Waals surface area contributed by atoms with Gasteiger partial charge in [-0.3, -0.25) is 4.79 Å². The first-order valence-electron chi connectivity index (χ1n) is 7.38. The number of rotatable bonds is 5. The lowest BCUT2D eigenvalue weighted by Crippen LogP contribution is -2.40. The molecule has 0 bridgehead atoms. The molecule has 1 saturated heterocycles. The van der Waals surface area contributed by atoms with E-state index in [0.717, 1.165) is 0 Å². The van der Waals surface area contributed by atoms with Crippen LogP contribution in [0.4, 0.5) is 0 Å². The number of carboxylic acid groups (broad SMARTS) is 1. The van der Waals surface area contributed by atoms with Crippen LogP contribution in [0.15, 0.2) is 29.2 Å². The second-order valence-corrected chi connectivity index (χ2v) is 7.51. The molecule has 0 aromatic heterocycles. The van der Waals surface area contributed by atoms with Gasteiger partial charge in [0.25, 0.3) is 5.91 Å². The van der Waals surface area contributed by atoms with Crippen molar-refractivity contribution in [1.29, 1.82) is 0 Å². The van der Waals surface area contributed by atoms with Gasteiger partial charge < -0.3 is 10.0 Å². The van der Waals surface area contributed by atoms with Crippen LogP contribution < -0.4 is 4.72 Å². The van der Waals surface area contributed by atoms with Crippen LogP contribution in [-0.2, 0) is 14.8 Å². The number of carboxylic acids is 1. The largest absolute Gasteiger partial charge is 0.480 e. The molecule has 1 amide bonds. The minimum absolute atomic E-state index is 0.0110. The fourth-order valence-electron chi connectivity index (χ4n) is 2.61. The first-order valence-corrected chi connectivity index (χ1v) is 8.87. The van der Waals surface area contributed by atoms with Gasteiger partial charge in [0.1, 0.15) is 6.04 Å². The molecule has 8 heteroatoms. The summed E-state index contributed by atoms with van der Waals surface area (Å²) in [5.74, 6) is -1.50. The number of nitrogens with zero attached hydrogens (tertiary/aromatic N) is 1. The predicted octanol–water partition coefficient (Wildman–Crippen LogP) is 1.06. The van der Waals surface area contributed by atoms with Crippen molar-refractivity contribution in [3.05, 3.63) is 29.8 Å². The number of benzene rings is 1. The summed E-state index contributed by atoms with van der Waals surface area (Å²) in [5, 5.41) is 9.16. The van der Waals surface area contributed by atoms with E-state index >= 15 is 0 Å². The Kier molecular flexibility index (Phi) is 5.06. The topological polar surface area (TPSA) is 104 Å². The zero-order valence-corrected chi connectivity index (χ0v) is 13.8.